The number of nitrogens with one attached hydrogen (secondary N) is 1. The zero-order chi connectivity index (χ0) is 13.0. The molecule has 0 aliphatic rings. The summed E-state index contributed by atoms with van der Waals surface area (Å²) in [6.45, 7) is 2.43. The van der Waals surface area contributed by atoms with Gasteiger partial charge in [-0.1, -0.05) is 49.4 Å². The molecule has 0 unspecified atom stereocenters. The Hall–Kier alpha value is -1.87. The standard InChI is InChI=1S/C15H18N2O/c1-2-14(16)15(18)17-10-12-8-5-7-11-6-3-4-9-13(11)12/h3-9,14H,2,10,16H2,1H3,(H,17,18)/t14-/m0/s1. The van der Waals surface area contributed by atoms with Gasteiger partial charge in [-0.3, -0.25) is 4.79 Å². The number of hydrogen-bond acceptors (Lipinski definition) is 2. The first kappa shape index (κ1) is 12.6. The van der Waals surface area contributed by atoms with Crippen LogP contribution in [0.3, 0.4) is 0 Å². The molecule has 0 aliphatic carbocycles. The lowest BCUT2D eigenvalue weighted by molar-refractivity contribution is -0.122. The summed E-state index contributed by atoms with van der Waals surface area (Å²) in [6.07, 6.45) is 0.654. The molecule has 0 aliphatic heterocycles. The summed E-state index contributed by atoms with van der Waals surface area (Å²) in [4.78, 5) is 11.6. The van der Waals surface area contributed by atoms with E-state index < -0.39 is 6.04 Å². The molecule has 0 radical (unpaired) electrons. The topological polar surface area (TPSA) is 55.1 Å². The SMILES string of the molecule is CC[C@H](N)C(=O)NCc1cccc2ccccc12. The van der Waals surface area contributed by atoms with E-state index in [-0.39, 0.29) is 5.91 Å². The highest BCUT2D eigenvalue weighted by Crippen LogP contribution is 2.18. The molecule has 3 nitrogen and oxygen atoms in total. The molecule has 1 atom stereocenters. The van der Waals surface area contributed by atoms with Gasteiger partial charge >= 0.3 is 0 Å². The average Bonchev–Trinajstić information content (AvgIpc) is 2.43. The Bertz CT molecular complexity index is 546. The molecule has 0 saturated heterocycles. The van der Waals surface area contributed by atoms with Crippen molar-refractivity contribution in [1.82, 2.24) is 5.32 Å². The number of benzene rings is 2. The number of rotatable bonds is 4. The Morgan fingerprint density at radius 2 is 1.94 bits per heavy atom. The Labute approximate surface area is 107 Å². The molecular weight excluding hydrogens is 224 g/mol. The second-order valence-corrected chi connectivity index (χ2v) is 4.37. The van der Waals surface area contributed by atoms with Crippen LogP contribution in [0.25, 0.3) is 10.8 Å². The maximum Gasteiger partial charge on any atom is 0.237 e. The molecule has 0 heterocycles. The molecule has 2 rings (SSSR count). The summed E-state index contributed by atoms with van der Waals surface area (Å²) >= 11 is 0. The normalized spacial score (nSPS) is 12.3. The fourth-order valence-electron chi connectivity index (χ4n) is 1.95. The number of hydrogen-bond donors (Lipinski definition) is 2. The molecule has 0 fully saturated rings. The third kappa shape index (κ3) is 2.68. The first-order valence-corrected chi connectivity index (χ1v) is 6.22. The van der Waals surface area contributed by atoms with Gasteiger partial charge < -0.3 is 11.1 Å². The van der Waals surface area contributed by atoms with Gasteiger partial charge in [0.05, 0.1) is 6.04 Å². The fourth-order valence-corrected chi connectivity index (χ4v) is 1.95. The molecule has 1 amide bonds. The summed E-state index contributed by atoms with van der Waals surface area (Å²) in [5.74, 6) is -0.0922. The zero-order valence-electron chi connectivity index (χ0n) is 10.5. The summed E-state index contributed by atoms with van der Waals surface area (Å²) in [5, 5.41) is 5.23. The van der Waals surface area contributed by atoms with Crippen LogP contribution in [-0.4, -0.2) is 11.9 Å². The van der Waals surface area contributed by atoms with Gasteiger partial charge in [-0.15, -0.1) is 0 Å². The smallest absolute Gasteiger partial charge is 0.237 e. The zero-order valence-corrected chi connectivity index (χ0v) is 10.5. The van der Waals surface area contributed by atoms with Crippen molar-refractivity contribution >= 4 is 16.7 Å². The van der Waals surface area contributed by atoms with E-state index in [9.17, 15) is 4.79 Å². The third-order valence-corrected chi connectivity index (χ3v) is 3.11. The van der Waals surface area contributed by atoms with Crippen LogP contribution in [0, 0.1) is 0 Å². The van der Waals surface area contributed by atoms with Gasteiger partial charge in [0.2, 0.25) is 5.91 Å². The second kappa shape index (κ2) is 5.65. The van der Waals surface area contributed by atoms with Crippen molar-refractivity contribution in [2.24, 2.45) is 5.73 Å². The summed E-state index contributed by atoms with van der Waals surface area (Å²) in [7, 11) is 0. The molecule has 2 aromatic rings. The predicted octanol–water partition coefficient (Wildman–Crippen LogP) is 2.19. The van der Waals surface area contributed by atoms with E-state index in [0.29, 0.717) is 13.0 Å². The first-order valence-electron chi connectivity index (χ1n) is 6.22. The minimum absolute atomic E-state index is 0.0922. The van der Waals surface area contributed by atoms with Crippen LogP contribution in [0.2, 0.25) is 0 Å². The number of carbonyl (C=O) groups is 1. The quantitative estimate of drug-likeness (QED) is 0.863. The summed E-state index contributed by atoms with van der Waals surface area (Å²) in [6, 6.07) is 13.8. The largest absolute Gasteiger partial charge is 0.351 e. The van der Waals surface area contributed by atoms with Crippen LogP contribution < -0.4 is 11.1 Å². The van der Waals surface area contributed by atoms with Crippen molar-refractivity contribution in [3.05, 3.63) is 48.0 Å². The van der Waals surface area contributed by atoms with Crippen molar-refractivity contribution in [2.75, 3.05) is 0 Å². The molecule has 0 bridgehead atoms. The average molecular weight is 242 g/mol. The van der Waals surface area contributed by atoms with Crippen molar-refractivity contribution in [1.29, 1.82) is 0 Å². The summed E-state index contributed by atoms with van der Waals surface area (Å²) < 4.78 is 0. The van der Waals surface area contributed by atoms with Gasteiger partial charge in [0.25, 0.3) is 0 Å². The highest BCUT2D eigenvalue weighted by atomic mass is 16.2. The van der Waals surface area contributed by atoms with E-state index in [1.165, 1.54) is 10.8 Å². The van der Waals surface area contributed by atoms with Crippen LogP contribution in [0.5, 0.6) is 0 Å². The molecular formula is C15H18N2O. The Kier molecular flexibility index (Phi) is 3.95. The van der Waals surface area contributed by atoms with Crippen molar-refractivity contribution in [3.8, 4) is 0 Å². The van der Waals surface area contributed by atoms with Crippen molar-refractivity contribution < 1.29 is 4.79 Å². The lowest BCUT2D eigenvalue weighted by Crippen LogP contribution is -2.39. The predicted molar refractivity (Wildman–Crippen MR) is 74.1 cm³/mol. The van der Waals surface area contributed by atoms with Crippen molar-refractivity contribution in [2.45, 2.75) is 25.9 Å². The van der Waals surface area contributed by atoms with E-state index >= 15 is 0 Å². The van der Waals surface area contributed by atoms with Gasteiger partial charge in [-0.2, -0.15) is 0 Å². The maximum absolute atomic E-state index is 11.6. The second-order valence-electron chi connectivity index (χ2n) is 4.37. The lowest BCUT2D eigenvalue weighted by Gasteiger charge is -2.11. The minimum Gasteiger partial charge on any atom is -0.351 e. The van der Waals surface area contributed by atoms with Crippen molar-refractivity contribution in [3.63, 3.8) is 0 Å². The van der Waals surface area contributed by atoms with E-state index in [0.717, 1.165) is 5.56 Å². The van der Waals surface area contributed by atoms with Crippen LogP contribution >= 0.6 is 0 Å². The Balaban J connectivity index is 2.15. The highest BCUT2D eigenvalue weighted by Gasteiger charge is 2.10. The maximum atomic E-state index is 11.6. The van der Waals surface area contributed by atoms with E-state index in [4.69, 9.17) is 5.73 Å². The molecule has 0 aromatic heterocycles. The van der Waals surface area contributed by atoms with Crippen LogP contribution in [0.15, 0.2) is 42.5 Å². The van der Waals surface area contributed by atoms with Crippen LogP contribution in [0.1, 0.15) is 18.9 Å². The van der Waals surface area contributed by atoms with Gasteiger partial charge in [-0.25, -0.2) is 0 Å². The lowest BCUT2D eigenvalue weighted by atomic mass is 10.0. The first-order chi connectivity index (χ1) is 8.72. The number of amides is 1. The number of nitrogens with two attached hydrogens (primary N) is 1. The van der Waals surface area contributed by atoms with Crippen LogP contribution in [-0.2, 0) is 11.3 Å². The third-order valence-electron chi connectivity index (χ3n) is 3.11. The molecule has 3 heteroatoms. The molecule has 18 heavy (non-hydrogen) atoms. The molecule has 2 aromatic carbocycles. The Morgan fingerprint density at radius 1 is 1.22 bits per heavy atom. The van der Waals surface area contributed by atoms with E-state index in [1.807, 2.05) is 31.2 Å². The number of fused-ring (bicyclic) bond motifs is 1. The van der Waals surface area contributed by atoms with Gasteiger partial charge in [0.15, 0.2) is 0 Å². The van der Waals surface area contributed by atoms with Gasteiger partial charge in [-0.05, 0) is 22.8 Å². The molecule has 94 valence electrons. The molecule has 3 N–H and O–H groups in total. The number of carbonyl (C=O) groups excluding carboxylic acids is 1. The Morgan fingerprint density at radius 3 is 2.72 bits per heavy atom. The minimum atomic E-state index is -0.417. The van der Waals surface area contributed by atoms with Gasteiger partial charge in [0.1, 0.15) is 0 Å². The summed E-state index contributed by atoms with van der Waals surface area (Å²) in [5.41, 5.74) is 6.80. The fraction of sp³-hybridized carbons (Fsp3) is 0.267. The monoisotopic (exact) mass is 242 g/mol. The van der Waals surface area contributed by atoms with Crippen LogP contribution in [0.4, 0.5) is 0 Å². The van der Waals surface area contributed by atoms with E-state index in [1.54, 1.807) is 0 Å². The molecule has 0 saturated carbocycles. The van der Waals surface area contributed by atoms with Gasteiger partial charge in [0, 0.05) is 6.54 Å². The molecule has 0 spiro atoms. The highest BCUT2D eigenvalue weighted by molar-refractivity contribution is 5.86. The van der Waals surface area contributed by atoms with E-state index in [2.05, 4.69) is 23.5 Å².